The Morgan fingerprint density at radius 1 is 0.969 bits per heavy atom. The van der Waals surface area contributed by atoms with E-state index in [1.165, 1.54) is 12.1 Å². The molecule has 0 aliphatic heterocycles. The highest BCUT2D eigenvalue weighted by molar-refractivity contribution is 7.90. The smallest absolute Gasteiger partial charge is 0.418 e. The first-order valence-electron chi connectivity index (χ1n) is 9.52. The largest absolute Gasteiger partial charge is 0.456 e. The van der Waals surface area contributed by atoms with E-state index in [1.54, 1.807) is 73.2 Å². The Balaban J connectivity index is 1.35. The minimum Gasteiger partial charge on any atom is -0.456 e. The van der Waals surface area contributed by atoms with E-state index < -0.39 is 15.9 Å². The second-order valence-corrected chi connectivity index (χ2v) is 8.89. The predicted octanol–water partition coefficient (Wildman–Crippen LogP) is 4.88. The van der Waals surface area contributed by atoms with Crippen molar-refractivity contribution in [2.24, 2.45) is 0 Å². The van der Waals surface area contributed by atoms with Gasteiger partial charge in [-0.2, -0.15) is 0 Å². The van der Waals surface area contributed by atoms with Crippen LogP contribution in [-0.2, 0) is 9.84 Å². The van der Waals surface area contributed by atoms with Gasteiger partial charge in [0.15, 0.2) is 9.84 Å². The number of carbonyl (C=O) groups excluding carboxylic acids is 1. The number of aromatic nitrogens is 2. The summed E-state index contributed by atoms with van der Waals surface area (Å²) in [5, 5.41) is 2.64. The number of aromatic amines is 1. The Morgan fingerprint density at radius 2 is 1.72 bits per heavy atom. The normalized spacial score (nSPS) is 11.0. The van der Waals surface area contributed by atoms with Crippen molar-refractivity contribution in [2.75, 3.05) is 11.6 Å². The third-order valence-corrected chi connectivity index (χ3v) is 5.57. The first-order valence-corrected chi connectivity index (χ1v) is 11.4. The van der Waals surface area contributed by atoms with E-state index in [0.717, 1.165) is 17.4 Å². The lowest BCUT2D eigenvalue weighted by Gasteiger charge is -2.07. The van der Waals surface area contributed by atoms with Crippen LogP contribution in [-0.4, -0.2) is 30.7 Å². The lowest BCUT2D eigenvalue weighted by Crippen LogP contribution is -2.16. The molecule has 0 saturated carbocycles. The van der Waals surface area contributed by atoms with Crippen LogP contribution in [0.4, 0.5) is 10.5 Å². The number of amides is 1. The van der Waals surface area contributed by atoms with E-state index >= 15 is 0 Å². The molecule has 0 saturated heterocycles. The molecule has 0 spiro atoms. The Kier molecular flexibility index (Phi) is 5.91. The third kappa shape index (κ3) is 5.32. The molecule has 1 amide bonds. The van der Waals surface area contributed by atoms with Crippen molar-refractivity contribution < 1.29 is 22.7 Å². The van der Waals surface area contributed by atoms with Gasteiger partial charge < -0.3 is 14.5 Å². The molecule has 4 rings (SSSR count). The van der Waals surface area contributed by atoms with Gasteiger partial charge in [0, 0.05) is 36.0 Å². The molecule has 0 unspecified atom stereocenters. The molecule has 8 nitrogen and oxygen atoms in total. The van der Waals surface area contributed by atoms with E-state index in [-0.39, 0.29) is 10.8 Å². The van der Waals surface area contributed by atoms with E-state index in [2.05, 4.69) is 15.3 Å². The maximum atomic E-state index is 12.2. The van der Waals surface area contributed by atoms with Gasteiger partial charge in [-0.3, -0.25) is 10.3 Å². The molecule has 0 radical (unpaired) electrons. The quantitative estimate of drug-likeness (QED) is 0.434. The number of rotatable bonds is 6. The predicted molar refractivity (Wildman–Crippen MR) is 120 cm³/mol. The fourth-order valence-corrected chi connectivity index (χ4v) is 3.52. The molecule has 32 heavy (non-hydrogen) atoms. The van der Waals surface area contributed by atoms with Gasteiger partial charge in [-0.25, -0.2) is 13.2 Å². The Labute approximate surface area is 184 Å². The van der Waals surface area contributed by atoms with Crippen LogP contribution in [0.25, 0.3) is 11.1 Å². The molecule has 0 fully saturated rings. The topological polar surface area (TPSA) is 110 Å². The second-order valence-electron chi connectivity index (χ2n) is 6.88. The number of pyridine rings is 1. The zero-order chi connectivity index (χ0) is 22.6. The van der Waals surface area contributed by atoms with Crippen LogP contribution < -0.4 is 14.8 Å². The summed E-state index contributed by atoms with van der Waals surface area (Å²) in [4.78, 5) is 19.3. The lowest BCUT2D eigenvalue weighted by atomic mass is 10.1. The number of H-pyrrole nitrogens is 1. The van der Waals surface area contributed by atoms with Gasteiger partial charge >= 0.3 is 6.09 Å². The first-order chi connectivity index (χ1) is 15.4. The molecular formula is C23H19N3O5S. The molecular weight excluding hydrogens is 430 g/mol. The summed E-state index contributed by atoms with van der Waals surface area (Å²) in [6.07, 6.45) is 5.43. The van der Waals surface area contributed by atoms with Gasteiger partial charge in [0.1, 0.15) is 11.5 Å². The SMILES string of the molecule is CS(=O)(=O)c1ccc(-c2c[nH]c(OC(=O)Nc3ccc(Oc4cccnc4)cc3)c2)cc1. The van der Waals surface area contributed by atoms with E-state index in [9.17, 15) is 13.2 Å². The highest BCUT2D eigenvalue weighted by Gasteiger charge is 2.11. The van der Waals surface area contributed by atoms with E-state index in [4.69, 9.17) is 9.47 Å². The number of hydrogen-bond donors (Lipinski definition) is 2. The number of nitrogens with zero attached hydrogens (tertiary/aromatic N) is 1. The van der Waals surface area contributed by atoms with Gasteiger partial charge in [-0.05, 0) is 54.1 Å². The van der Waals surface area contributed by atoms with Crippen LogP contribution in [0.2, 0.25) is 0 Å². The zero-order valence-corrected chi connectivity index (χ0v) is 17.8. The number of anilines is 1. The standard InChI is InChI=1S/C23H19N3O5S/c1-32(28,29)21-10-4-16(5-11-21)17-13-22(25-14-17)31-23(27)26-18-6-8-19(9-7-18)30-20-3-2-12-24-15-20/h2-15,25H,1H3,(H,26,27). The summed E-state index contributed by atoms with van der Waals surface area (Å²) in [6, 6.07) is 18.5. The summed E-state index contributed by atoms with van der Waals surface area (Å²) in [6.45, 7) is 0. The maximum Gasteiger partial charge on any atom is 0.418 e. The van der Waals surface area contributed by atoms with Crippen molar-refractivity contribution in [2.45, 2.75) is 4.90 Å². The fraction of sp³-hybridized carbons (Fsp3) is 0.0435. The van der Waals surface area contributed by atoms with Crippen molar-refractivity contribution in [1.82, 2.24) is 9.97 Å². The van der Waals surface area contributed by atoms with Crippen molar-refractivity contribution in [3.63, 3.8) is 0 Å². The van der Waals surface area contributed by atoms with Crippen molar-refractivity contribution >= 4 is 21.6 Å². The molecule has 162 valence electrons. The summed E-state index contributed by atoms with van der Waals surface area (Å²) in [5.41, 5.74) is 2.08. The number of carbonyl (C=O) groups is 1. The molecule has 2 heterocycles. The summed E-state index contributed by atoms with van der Waals surface area (Å²) < 4.78 is 34.1. The minimum atomic E-state index is -3.26. The molecule has 2 aromatic heterocycles. The van der Waals surface area contributed by atoms with Gasteiger partial charge in [0.25, 0.3) is 0 Å². The Hall–Kier alpha value is -4.11. The zero-order valence-electron chi connectivity index (χ0n) is 17.0. The van der Waals surface area contributed by atoms with Crippen LogP contribution in [0.5, 0.6) is 17.4 Å². The number of sulfone groups is 1. The molecule has 0 aliphatic rings. The van der Waals surface area contributed by atoms with E-state index in [0.29, 0.717) is 17.2 Å². The van der Waals surface area contributed by atoms with Gasteiger partial charge in [-0.1, -0.05) is 12.1 Å². The molecule has 0 aliphatic carbocycles. The summed E-state index contributed by atoms with van der Waals surface area (Å²) in [7, 11) is -3.26. The number of benzene rings is 2. The lowest BCUT2D eigenvalue weighted by molar-refractivity contribution is 0.213. The van der Waals surface area contributed by atoms with Crippen molar-refractivity contribution in [3.05, 3.63) is 85.3 Å². The fourth-order valence-electron chi connectivity index (χ4n) is 2.89. The highest BCUT2D eigenvalue weighted by atomic mass is 32.2. The summed E-state index contributed by atoms with van der Waals surface area (Å²) in [5.74, 6) is 1.47. The van der Waals surface area contributed by atoms with Gasteiger partial charge in [0.05, 0.1) is 11.1 Å². The highest BCUT2D eigenvalue weighted by Crippen LogP contribution is 2.26. The molecule has 9 heteroatoms. The summed E-state index contributed by atoms with van der Waals surface area (Å²) >= 11 is 0. The van der Waals surface area contributed by atoms with Gasteiger partial charge in [-0.15, -0.1) is 0 Å². The third-order valence-electron chi connectivity index (χ3n) is 4.45. The van der Waals surface area contributed by atoms with Crippen LogP contribution >= 0.6 is 0 Å². The molecule has 0 bridgehead atoms. The van der Waals surface area contributed by atoms with Crippen LogP contribution in [0, 0.1) is 0 Å². The van der Waals surface area contributed by atoms with Gasteiger partial charge in [0.2, 0.25) is 5.88 Å². The maximum absolute atomic E-state index is 12.2. The van der Waals surface area contributed by atoms with Crippen LogP contribution in [0.15, 0.2) is 90.2 Å². The number of ether oxygens (including phenoxy) is 2. The molecule has 4 aromatic rings. The average Bonchev–Trinajstić information content (AvgIpc) is 3.24. The van der Waals surface area contributed by atoms with Crippen molar-refractivity contribution in [3.8, 4) is 28.5 Å². The molecule has 2 aromatic carbocycles. The van der Waals surface area contributed by atoms with Crippen LogP contribution in [0.3, 0.4) is 0 Å². The average molecular weight is 449 g/mol. The number of hydrogen-bond acceptors (Lipinski definition) is 6. The monoisotopic (exact) mass is 449 g/mol. The minimum absolute atomic E-state index is 0.240. The van der Waals surface area contributed by atoms with Crippen molar-refractivity contribution in [1.29, 1.82) is 0 Å². The molecule has 0 atom stereocenters. The van der Waals surface area contributed by atoms with E-state index in [1.807, 2.05) is 0 Å². The Bertz CT molecular complexity index is 1320. The van der Waals surface area contributed by atoms with Crippen LogP contribution in [0.1, 0.15) is 0 Å². The number of nitrogens with one attached hydrogen (secondary N) is 2. The second kappa shape index (κ2) is 8.94. The first kappa shape index (κ1) is 21.1. The molecule has 2 N–H and O–H groups in total. The Morgan fingerprint density at radius 3 is 2.38 bits per heavy atom.